The molecule has 0 radical (unpaired) electrons. The monoisotopic (exact) mass is 445 g/mol. The lowest BCUT2D eigenvalue weighted by Gasteiger charge is -2.17. The minimum atomic E-state index is -0.941. The summed E-state index contributed by atoms with van der Waals surface area (Å²) in [4.78, 5) is 29.1. The molecule has 1 saturated carbocycles. The molecule has 1 aliphatic heterocycles. The van der Waals surface area contributed by atoms with Gasteiger partial charge in [-0.15, -0.1) is 0 Å². The number of hydrogen-bond acceptors (Lipinski definition) is 5. The van der Waals surface area contributed by atoms with Crippen LogP contribution in [0.1, 0.15) is 31.9 Å². The molecule has 0 aromatic carbocycles. The van der Waals surface area contributed by atoms with E-state index < -0.39 is 6.09 Å². The van der Waals surface area contributed by atoms with Crippen molar-refractivity contribution in [1.82, 2.24) is 19.5 Å². The van der Waals surface area contributed by atoms with E-state index >= 15 is 0 Å². The zero-order valence-electron chi connectivity index (χ0n) is 18.1. The minimum absolute atomic E-state index is 0.0122. The van der Waals surface area contributed by atoms with Gasteiger partial charge in [-0.1, -0.05) is 5.92 Å². The van der Waals surface area contributed by atoms with Crippen LogP contribution in [0.2, 0.25) is 0 Å². The summed E-state index contributed by atoms with van der Waals surface area (Å²) >= 11 is 0. The fourth-order valence-corrected chi connectivity index (χ4v) is 3.93. The zero-order valence-corrected chi connectivity index (χ0v) is 18.1. The molecule has 4 heterocycles. The van der Waals surface area contributed by atoms with E-state index in [1.165, 1.54) is 4.90 Å². The lowest BCUT2D eigenvalue weighted by molar-refractivity contribution is -0.117. The highest BCUT2D eigenvalue weighted by Crippen LogP contribution is 2.33. The number of rotatable bonds is 5. The molecule has 3 aromatic heterocycles. The number of pyridine rings is 2. The predicted molar refractivity (Wildman–Crippen MR) is 121 cm³/mol. The van der Waals surface area contributed by atoms with Gasteiger partial charge in [-0.2, -0.15) is 5.10 Å². The highest BCUT2D eigenvalue weighted by molar-refractivity contribution is 5.93. The van der Waals surface area contributed by atoms with Gasteiger partial charge in [-0.05, 0) is 49.4 Å². The molecule has 2 amide bonds. The van der Waals surface area contributed by atoms with E-state index in [2.05, 4.69) is 27.2 Å². The Labute approximate surface area is 190 Å². The van der Waals surface area contributed by atoms with Crippen molar-refractivity contribution in [3.63, 3.8) is 0 Å². The van der Waals surface area contributed by atoms with Gasteiger partial charge in [-0.25, -0.2) is 14.3 Å². The number of anilines is 1. The van der Waals surface area contributed by atoms with Crippen LogP contribution in [0, 0.1) is 17.8 Å². The highest BCUT2D eigenvalue weighted by atomic mass is 16.5. The van der Waals surface area contributed by atoms with Crippen molar-refractivity contribution >= 4 is 23.3 Å². The Bertz CT molecular complexity index is 1300. The molecule has 168 valence electrons. The number of carbonyl (C=O) groups excluding carboxylic acids is 1. The van der Waals surface area contributed by atoms with Crippen LogP contribution in [0.4, 0.5) is 10.6 Å². The molecular formula is C24H23N5O4. The maximum atomic E-state index is 12.1. The lowest BCUT2D eigenvalue weighted by atomic mass is 10.1. The Morgan fingerprint density at radius 3 is 2.82 bits per heavy atom. The average molecular weight is 445 g/mol. The van der Waals surface area contributed by atoms with Gasteiger partial charge in [0.25, 0.3) is 0 Å². The van der Waals surface area contributed by atoms with Gasteiger partial charge in [0.15, 0.2) is 5.82 Å². The number of aromatic nitrogens is 3. The molecule has 9 heteroatoms. The van der Waals surface area contributed by atoms with Crippen LogP contribution in [-0.4, -0.2) is 55.8 Å². The van der Waals surface area contributed by atoms with E-state index in [-0.39, 0.29) is 17.9 Å². The molecule has 5 rings (SSSR count). The maximum Gasteiger partial charge on any atom is 0.407 e. The second-order valence-corrected chi connectivity index (χ2v) is 8.28. The molecule has 2 fully saturated rings. The van der Waals surface area contributed by atoms with Crippen molar-refractivity contribution in [3.8, 4) is 28.7 Å². The normalized spacial score (nSPS) is 17.5. The van der Waals surface area contributed by atoms with Crippen LogP contribution in [0.3, 0.4) is 0 Å². The first-order valence-corrected chi connectivity index (χ1v) is 10.9. The molecule has 1 saturated heterocycles. The van der Waals surface area contributed by atoms with Crippen LogP contribution < -0.4 is 10.1 Å². The molecule has 9 nitrogen and oxygen atoms in total. The predicted octanol–water partition coefficient (Wildman–Crippen LogP) is 3.25. The van der Waals surface area contributed by atoms with Gasteiger partial charge >= 0.3 is 6.09 Å². The number of likely N-dealkylation sites (tertiary alicyclic amines) is 1. The summed E-state index contributed by atoms with van der Waals surface area (Å²) in [6, 6.07) is 7.58. The summed E-state index contributed by atoms with van der Waals surface area (Å²) in [5.74, 6) is 7.04. The molecule has 1 aliphatic carbocycles. The Morgan fingerprint density at radius 2 is 2.09 bits per heavy atom. The third-order valence-corrected chi connectivity index (χ3v) is 5.80. The molecule has 1 atom stereocenters. The highest BCUT2D eigenvalue weighted by Gasteiger charge is 2.30. The summed E-state index contributed by atoms with van der Waals surface area (Å²) in [5.41, 5.74) is 3.13. The van der Waals surface area contributed by atoms with Gasteiger partial charge in [-0.3, -0.25) is 4.79 Å². The molecule has 2 aliphatic rings. The van der Waals surface area contributed by atoms with E-state index in [1.54, 1.807) is 17.6 Å². The second-order valence-electron chi connectivity index (χ2n) is 8.28. The Morgan fingerprint density at radius 1 is 1.24 bits per heavy atom. The average Bonchev–Trinajstić information content (AvgIpc) is 3.41. The number of amides is 2. The molecule has 0 bridgehead atoms. The van der Waals surface area contributed by atoms with Crippen LogP contribution in [0.25, 0.3) is 16.6 Å². The number of fused-ring (bicyclic) bond motifs is 1. The van der Waals surface area contributed by atoms with Crippen molar-refractivity contribution < 1.29 is 19.4 Å². The first kappa shape index (κ1) is 20.8. The Hall–Kier alpha value is -4.06. The summed E-state index contributed by atoms with van der Waals surface area (Å²) in [6.07, 6.45) is 4.77. The van der Waals surface area contributed by atoms with E-state index in [9.17, 15) is 14.7 Å². The number of nitrogens with zero attached hydrogens (tertiary/aromatic N) is 4. The molecule has 0 unspecified atom stereocenters. The van der Waals surface area contributed by atoms with Crippen molar-refractivity contribution in [2.75, 3.05) is 18.4 Å². The van der Waals surface area contributed by atoms with Gasteiger partial charge in [0.05, 0.1) is 18.3 Å². The van der Waals surface area contributed by atoms with E-state index in [4.69, 9.17) is 4.74 Å². The Balaban J connectivity index is 1.45. The van der Waals surface area contributed by atoms with Gasteiger partial charge in [0, 0.05) is 36.7 Å². The third-order valence-electron chi connectivity index (χ3n) is 5.80. The SMILES string of the molecule is CC#Cc1cc(-c2ccn3nc(NC(=O)C4CC4)cc3c2)c(O[C@H]2CCN(C(=O)O)C2)cn1. The molecule has 0 spiro atoms. The fourth-order valence-electron chi connectivity index (χ4n) is 3.93. The van der Waals surface area contributed by atoms with Crippen LogP contribution >= 0.6 is 0 Å². The molecule has 3 aromatic rings. The van der Waals surface area contributed by atoms with Crippen LogP contribution in [-0.2, 0) is 4.79 Å². The first-order valence-electron chi connectivity index (χ1n) is 10.9. The maximum absolute atomic E-state index is 12.1. The van der Waals surface area contributed by atoms with Crippen LogP contribution in [0.15, 0.2) is 36.7 Å². The van der Waals surface area contributed by atoms with Gasteiger partial charge < -0.3 is 20.1 Å². The zero-order chi connectivity index (χ0) is 22.9. The van der Waals surface area contributed by atoms with Crippen molar-refractivity contribution in [2.24, 2.45) is 5.92 Å². The standard InChI is InChI=1S/C24H23N5O4/c1-2-3-17-11-20(21(13-25-17)33-19-7-8-28(14-19)24(31)32)16-6-9-29-18(10-16)12-22(27-29)26-23(30)15-4-5-15/h6,9-13,15,19H,4-5,7-8,14H2,1H3,(H,31,32)(H,26,27,30)/t19-/m0/s1. The number of ether oxygens (including phenoxy) is 1. The Kier molecular flexibility index (Phi) is 5.34. The number of nitrogens with one attached hydrogen (secondary N) is 1. The first-order chi connectivity index (χ1) is 16.0. The minimum Gasteiger partial charge on any atom is -0.486 e. The fraction of sp³-hybridized carbons (Fsp3) is 0.333. The summed E-state index contributed by atoms with van der Waals surface area (Å²) in [5, 5.41) is 16.5. The van der Waals surface area contributed by atoms with E-state index in [0.717, 1.165) is 29.5 Å². The number of carboxylic acid groups (broad SMARTS) is 1. The van der Waals surface area contributed by atoms with Crippen molar-refractivity contribution in [2.45, 2.75) is 32.3 Å². The summed E-state index contributed by atoms with van der Waals surface area (Å²) in [6.45, 7) is 2.51. The molecular weight excluding hydrogens is 422 g/mol. The smallest absolute Gasteiger partial charge is 0.407 e. The van der Waals surface area contributed by atoms with Gasteiger partial charge in [0.1, 0.15) is 17.5 Å². The van der Waals surface area contributed by atoms with Crippen LogP contribution in [0.5, 0.6) is 5.75 Å². The van der Waals surface area contributed by atoms with Crippen molar-refractivity contribution in [1.29, 1.82) is 0 Å². The third kappa shape index (κ3) is 4.46. The summed E-state index contributed by atoms with van der Waals surface area (Å²) in [7, 11) is 0. The summed E-state index contributed by atoms with van der Waals surface area (Å²) < 4.78 is 7.89. The number of hydrogen-bond donors (Lipinski definition) is 2. The topological polar surface area (TPSA) is 109 Å². The van der Waals surface area contributed by atoms with E-state index in [0.29, 0.717) is 36.8 Å². The second kappa shape index (κ2) is 8.47. The van der Waals surface area contributed by atoms with Crippen molar-refractivity contribution in [3.05, 3.63) is 42.4 Å². The van der Waals surface area contributed by atoms with Gasteiger partial charge in [0.2, 0.25) is 5.91 Å². The molecule has 33 heavy (non-hydrogen) atoms. The number of carbonyl (C=O) groups is 2. The van der Waals surface area contributed by atoms with E-state index in [1.807, 2.05) is 30.5 Å². The largest absolute Gasteiger partial charge is 0.486 e. The molecule has 2 N–H and O–H groups in total. The lowest BCUT2D eigenvalue weighted by Crippen LogP contribution is -2.29. The quantitative estimate of drug-likeness (QED) is 0.584.